The van der Waals surface area contributed by atoms with E-state index in [1.165, 1.54) is 51.4 Å². The van der Waals surface area contributed by atoms with Gasteiger partial charge in [0.05, 0.1) is 6.10 Å². The second kappa shape index (κ2) is 6.13. The molecule has 7 unspecified atom stereocenters. The molecule has 1 spiro atoms. The molecule has 0 bridgehead atoms. The van der Waals surface area contributed by atoms with E-state index in [0.717, 1.165) is 24.2 Å². The number of aliphatic hydroxyl groups excluding tert-OH is 1. The first-order chi connectivity index (χ1) is 12.5. The van der Waals surface area contributed by atoms with Crippen molar-refractivity contribution in [1.29, 1.82) is 0 Å². The van der Waals surface area contributed by atoms with Crippen molar-refractivity contribution in [2.24, 2.45) is 28.6 Å². The Morgan fingerprint density at radius 1 is 1.23 bits per heavy atom. The SMILES string of the molecule is C/C=C1/CCC2C3CC4OC45CC(=IC)CCC5(CCO)C3CCC12C. The van der Waals surface area contributed by atoms with E-state index in [1.807, 2.05) is 3.51 Å². The van der Waals surface area contributed by atoms with Crippen LogP contribution in [0, 0.1) is 28.6 Å². The molecule has 0 aromatic rings. The van der Waals surface area contributed by atoms with E-state index < -0.39 is 0 Å². The van der Waals surface area contributed by atoms with E-state index in [2.05, 4.69) is 24.9 Å². The second-order valence-electron chi connectivity index (χ2n) is 9.93. The number of epoxide rings is 1. The number of allylic oxidation sites excluding steroid dienone is 2. The molecule has 5 aliphatic rings. The Morgan fingerprint density at radius 3 is 2.81 bits per heavy atom. The van der Waals surface area contributed by atoms with Crippen LogP contribution in [0.2, 0.25) is 0 Å². The predicted octanol–water partition coefficient (Wildman–Crippen LogP) is 5.24. The molecule has 26 heavy (non-hydrogen) atoms. The number of ether oxygens (including phenoxy) is 1. The van der Waals surface area contributed by atoms with Gasteiger partial charge in [0.1, 0.15) is 5.60 Å². The quantitative estimate of drug-likeness (QED) is 0.259. The van der Waals surface area contributed by atoms with E-state index in [9.17, 15) is 5.11 Å². The van der Waals surface area contributed by atoms with Crippen molar-refractivity contribution in [3.05, 3.63) is 11.6 Å². The summed E-state index contributed by atoms with van der Waals surface area (Å²) in [6.07, 6.45) is 14.5. The molecule has 5 fully saturated rings. The third kappa shape index (κ3) is 2.14. The Labute approximate surface area is 168 Å². The molecule has 1 aliphatic heterocycles. The number of aliphatic hydroxyl groups is 1. The lowest BCUT2D eigenvalue weighted by Crippen LogP contribution is -2.59. The summed E-state index contributed by atoms with van der Waals surface area (Å²) in [6.45, 7) is 5.17. The normalized spacial score (nSPS) is 55.5. The molecule has 0 aromatic carbocycles. The molecule has 3 heteroatoms. The second-order valence-corrected chi connectivity index (χ2v) is 12.5. The van der Waals surface area contributed by atoms with Crippen molar-refractivity contribution in [3.8, 4) is 0 Å². The van der Waals surface area contributed by atoms with Crippen molar-refractivity contribution in [1.82, 2.24) is 0 Å². The molecule has 2 nitrogen and oxygen atoms in total. The lowest BCUT2D eigenvalue weighted by Gasteiger charge is -2.59. The van der Waals surface area contributed by atoms with Crippen LogP contribution in [0.15, 0.2) is 11.6 Å². The van der Waals surface area contributed by atoms with Gasteiger partial charge in [-0.15, -0.1) is 20.7 Å². The number of halogens is 1. The molecule has 4 saturated carbocycles. The van der Waals surface area contributed by atoms with Crippen LogP contribution < -0.4 is 0 Å². The van der Waals surface area contributed by atoms with Crippen molar-refractivity contribution in [2.45, 2.75) is 83.3 Å². The lowest BCUT2D eigenvalue weighted by molar-refractivity contribution is -0.0904. The minimum absolute atomic E-state index is 0.135. The maximum atomic E-state index is 10.1. The van der Waals surface area contributed by atoms with E-state index >= 15 is 0 Å². The van der Waals surface area contributed by atoms with Gasteiger partial charge >= 0.3 is 0 Å². The standard InChI is InChI=1S/C23H35IO2/c1-4-15-5-6-18-17-13-20-23(26-20)14-16(24-3)7-10-22(23,11-12-25)19(17)8-9-21(15,18)2/h4,17-20,25H,5-14H2,1-3H3/b15-4-. The molecule has 1 heterocycles. The van der Waals surface area contributed by atoms with Gasteiger partial charge in [-0.2, -0.15) is 0 Å². The highest BCUT2D eigenvalue weighted by Crippen LogP contribution is 2.74. The molecule has 146 valence electrons. The minimum atomic E-state index is 0.135. The largest absolute Gasteiger partial charge is 0.396 e. The van der Waals surface area contributed by atoms with Crippen LogP contribution >= 0.6 is 20.7 Å². The molecule has 0 aromatic heterocycles. The van der Waals surface area contributed by atoms with Gasteiger partial charge in [0.2, 0.25) is 0 Å². The van der Waals surface area contributed by atoms with Crippen LogP contribution in [0.25, 0.3) is 0 Å². The number of hydrogen-bond donors (Lipinski definition) is 1. The van der Waals surface area contributed by atoms with Crippen LogP contribution in [0.5, 0.6) is 0 Å². The van der Waals surface area contributed by atoms with Crippen molar-refractivity contribution >= 4 is 24.2 Å². The number of fused-ring (bicyclic) bond motifs is 4. The Bertz CT molecular complexity index is 669. The van der Waals surface area contributed by atoms with E-state index in [-0.39, 0.29) is 31.7 Å². The monoisotopic (exact) mass is 470 g/mol. The summed E-state index contributed by atoms with van der Waals surface area (Å²) >= 11 is 0.234. The van der Waals surface area contributed by atoms with Crippen molar-refractivity contribution in [3.63, 3.8) is 0 Å². The summed E-state index contributed by atoms with van der Waals surface area (Å²) in [4.78, 5) is 2.43. The van der Waals surface area contributed by atoms with Gasteiger partial charge < -0.3 is 9.84 Å². The van der Waals surface area contributed by atoms with Crippen LogP contribution in [-0.4, -0.2) is 31.9 Å². The first-order valence-electron chi connectivity index (χ1n) is 10.8. The van der Waals surface area contributed by atoms with Gasteiger partial charge in [-0.3, -0.25) is 0 Å². The molecular weight excluding hydrogens is 435 g/mol. The highest BCUT2D eigenvalue weighted by molar-refractivity contribution is 14.2. The van der Waals surface area contributed by atoms with Crippen LogP contribution in [-0.2, 0) is 4.74 Å². The first kappa shape index (κ1) is 18.3. The molecular formula is C23H35IO2. The molecule has 7 atom stereocenters. The Hall–Kier alpha value is 0.260. The Morgan fingerprint density at radius 2 is 2.08 bits per heavy atom. The Balaban J connectivity index is 1.54. The highest BCUT2D eigenvalue weighted by Gasteiger charge is 2.76. The maximum Gasteiger partial charge on any atom is 0.105 e. The van der Waals surface area contributed by atoms with Crippen LogP contribution in [0.1, 0.15) is 71.6 Å². The molecule has 4 aliphatic carbocycles. The zero-order valence-corrected chi connectivity index (χ0v) is 18.8. The molecule has 0 radical (unpaired) electrons. The summed E-state index contributed by atoms with van der Waals surface area (Å²) in [7, 11) is 0. The number of hydrogen-bond acceptors (Lipinski definition) is 2. The zero-order valence-electron chi connectivity index (χ0n) is 16.7. The molecule has 5 rings (SSSR count). The molecule has 1 N–H and O–H groups in total. The van der Waals surface area contributed by atoms with E-state index in [1.54, 1.807) is 5.57 Å². The Kier molecular flexibility index (Phi) is 4.31. The average molecular weight is 470 g/mol. The number of alkyl halides is 1. The van der Waals surface area contributed by atoms with Gasteiger partial charge in [-0.25, -0.2) is 0 Å². The fourth-order valence-electron chi connectivity index (χ4n) is 8.42. The van der Waals surface area contributed by atoms with Gasteiger partial charge in [0.25, 0.3) is 0 Å². The smallest absolute Gasteiger partial charge is 0.105 e. The topological polar surface area (TPSA) is 32.8 Å². The summed E-state index contributed by atoms with van der Waals surface area (Å²) in [5.41, 5.74) is 2.60. The predicted molar refractivity (Wildman–Crippen MR) is 116 cm³/mol. The van der Waals surface area contributed by atoms with Crippen LogP contribution in [0.3, 0.4) is 0 Å². The fourth-order valence-corrected chi connectivity index (χ4v) is 10.2. The minimum Gasteiger partial charge on any atom is -0.396 e. The summed E-state index contributed by atoms with van der Waals surface area (Å²) in [5, 5.41) is 10.1. The molecule has 1 saturated heterocycles. The van der Waals surface area contributed by atoms with E-state index in [4.69, 9.17) is 4.74 Å². The van der Waals surface area contributed by atoms with Crippen LogP contribution in [0.4, 0.5) is 0 Å². The summed E-state index contributed by atoms with van der Waals surface area (Å²) < 4.78 is 8.48. The summed E-state index contributed by atoms with van der Waals surface area (Å²) in [6, 6.07) is 0. The van der Waals surface area contributed by atoms with Gasteiger partial charge in [-0.05, 0) is 89.9 Å². The number of rotatable bonds is 2. The van der Waals surface area contributed by atoms with Crippen molar-refractivity contribution < 1.29 is 9.84 Å². The van der Waals surface area contributed by atoms with Gasteiger partial charge in [0, 0.05) is 18.4 Å². The zero-order chi connectivity index (χ0) is 18.2. The summed E-state index contributed by atoms with van der Waals surface area (Å²) in [5.74, 6) is 2.48. The lowest BCUT2D eigenvalue weighted by atomic mass is 9.44. The average Bonchev–Trinajstić information content (AvgIpc) is 3.23. The van der Waals surface area contributed by atoms with Crippen molar-refractivity contribution in [2.75, 3.05) is 11.5 Å². The third-order valence-electron chi connectivity index (χ3n) is 9.61. The molecule has 0 amide bonds. The van der Waals surface area contributed by atoms with Gasteiger partial charge in [-0.1, -0.05) is 18.6 Å². The first-order valence-corrected chi connectivity index (χ1v) is 14.1. The fraction of sp³-hybridized carbons (Fsp3) is 0.870. The van der Waals surface area contributed by atoms with E-state index in [0.29, 0.717) is 18.1 Å². The maximum absolute atomic E-state index is 10.1. The third-order valence-corrected chi connectivity index (χ3v) is 12.1. The highest BCUT2D eigenvalue weighted by atomic mass is 127. The van der Waals surface area contributed by atoms with Gasteiger partial charge in [0.15, 0.2) is 0 Å².